The van der Waals surface area contributed by atoms with Crippen molar-refractivity contribution in [2.45, 2.75) is 58.4 Å². The molecule has 0 spiro atoms. The second kappa shape index (κ2) is 5.99. The first-order valence-corrected chi connectivity index (χ1v) is 6.65. The third kappa shape index (κ3) is 4.92. The van der Waals surface area contributed by atoms with Gasteiger partial charge >= 0.3 is 0 Å². The van der Waals surface area contributed by atoms with Gasteiger partial charge in [-0.3, -0.25) is 9.69 Å². The second-order valence-electron chi connectivity index (χ2n) is 6.16. The van der Waals surface area contributed by atoms with Gasteiger partial charge in [0, 0.05) is 25.7 Å². The van der Waals surface area contributed by atoms with Crippen LogP contribution in [0.2, 0.25) is 0 Å². The molecule has 0 aliphatic carbocycles. The van der Waals surface area contributed by atoms with Gasteiger partial charge < -0.3 is 15.8 Å². The summed E-state index contributed by atoms with van der Waals surface area (Å²) in [6, 6.07) is -0.0555. The Balaban J connectivity index is 2.60. The minimum absolute atomic E-state index is 0.169. The number of carbonyl (C=O) groups is 1. The summed E-state index contributed by atoms with van der Waals surface area (Å²) in [5, 5.41) is 3.21. The normalized spacial score (nSPS) is 26.2. The molecule has 5 heteroatoms. The van der Waals surface area contributed by atoms with E-state index >= 15 is 0 Å². The van der Waals surface area contributed by atoms with Gasteiger partial charge in [0.25, 0.3) is 0 Å². The lowest BCUT2D eigenvalue weighted by Crippen LogP contribution is -2.58. The number of ether oxygens (including phenoxy) is 1. The number of primary amides is 1. The van der Waals surface area contributed by atoms with E-state index < -0.39 is 0 Å². The lowest BCUT2D eigenvalue weighted by atomic mass is 10.0. The Morgan fingerprint density at radius 1 is 1.56 bits per heavy atom. The monoisotopic (exact) mass is 257 g/mol. The fourth-order valence-electron chi connectivity index (χ4n) is 2.61. The Kier molecular flexibility index (Phi) is 5.13. The second-order valence-corrected chi connectivity index (χ2v) is 6.16. The third-order valence-electron chi connectivity index (χ3n) is 2.96. The van der Waals surface area contributed by atoms with Crippen LogP contribution in [0.4, 0.5) is 0 Å². The van der Waals surface area contributed by atoms with Crippen molar-refractivity contribution in [3.63, 3.8) is 0 Å². The van der Waals surface area contributed by atoms with Gasteiger partial charge in [-0.25, -0.2) is 0 Å². The summed E-state index contributed by atoms with van der Waals surface area (Å²) in [5.41, 5.74) is 5.28. The van der Waals surface area contributed by atoms with E-state index in [0.29, 0.717) is 6.54 Å². The van der Waals surface area contributed by atoms with Crippen molar-refractivity contribution in [1.29, 1.82) is 0 Å². The summed E-state index contributed by atoms with van der Waals surface area (Å²) < 4.78 is 5.85. The highest BCUT2D eigenvalue weighted by molar-refractivity contribution is 5.80. The molecule has 1 saturated heterocycles. The first-order valence-electron chi connectivity index (χ1n) is 6.65. The van der Waals surface area contributed by atoms with Crippen molar-refractivity contribution >= 4 is 5.91 Å². The summed E-state index contributed by atoms with van der Waals surface area (Å²) in [4.78, 5) is 13.7. The van der Waals surface area contributed by atoms with Gasteiger partial charge in [0.2, 0.25) is 5.91 Å². The Morgan fingerprint density at radius 2 is 2.17 bits per heavy atom. The molecule has 106 valence electrons. The minimum Gasteiger partial charge on any atom is -0.370 e. The van der Waals surface area contributed by atoms with Crippen molar-refractivity contribution in [1.82, 2.24) is 10.2 Å². The molecule has 1 rings (SSSR count). The summed E-state index contributed by atoms with van der Waals surface area (Å²) >= 11 is 0. The third-order valence-corrected chi connectivity index (χ3v) is 2.96. The fourth-order valence-corrected chi connectivity index (χ4v) is 2.61. The number of nitrogens with two attached hydrogens (primary N) is 1. The molecular weight excluding hydrogens is 230 g/mol. The molecule has 1 fully saturated rings. The van der Waals surface area contributed by atoms with Crippen LogP contribution < -0.4 is 11.1 Å². The van der Waals surface area contributed by atoms with Crippen LogP contribution in [0.25, 0.3) is 0 Å². The highest BCUT2D eigenvalue weighted by Crippen LogP contribution is 2.20. The lowest BCUT2D eigenvalue weighted by Gasteiger charge is -2.42. The number of nitrogens with zero attached hydrogens (tertiary/aromatic N) is 1. The van der Waals surface area contributed by atoms with E-state index in [0.717, 1.165) is 13.1 Å². The van der Waals surface area contributed by atoms with Gasteiger partial charge in [-0.05, 0) is 20.8 Å². The fraction of sp³-hybridized carbons (Fsp3) is 0.923. The number of hydrogen-bond acceptors (Lipinski definition) is 4. The maximum absolute atomic E-state index is 11.5. The van der Waals surface area contributed by atoms with Gasteiger partial charge in [-0.1, -0.05) is 13.8 Å². The standard InChI is InChI=1S/C13H27N3O2/c1-9(2)15-11(12(14)17)7-16-6-10(3)18-13(4,5)8-16/h9-11,15H,6-8H2,1-5H3,(H2,14,17). The molecule has 0 aromatic carbocycles. The van der Waals surface area contributed by atoms with Gasteiger partial charge in [-0.15, -0.1) is 0 Å². The van der Waals surface area contributed by atoms with Crippen LogP contribution in [-0.2, 0) is 9.53 Å². The molecule has 0 saturated carbocycles. The quantitative estimate of drug-likeness (QED) is 0.745. The summed E-state index contributed by atoms with van der Waals surface area (Å²) in [6.45, 7) is 12.5. The number of rotatable bonds is 5. The van der Waals surface area contributed by atoms with Crippen LogP contribution in [0.15, 0.2) is 0 Å². The predicted octanol–water partition coefficient (Wildman–Crippen LogP) is 0.338. The van der Waals surface area contributed by atoms with E-state index in [1.807, 2.05) is 13.8 Å². The van der Waals surface area contributed by atoms with Crippen molar-refractivity contribution in [2.75, 3.05) is 19.6 Å². The van der Waals surface area contributed by atoms with Crippen LogP contribution in [0.5, 0.6) is 0 Å². The molecule has 0 radical (unpaired) electrons. The highest BCUT2D eigenvalue weighted by Gasteiger charge is 2.33. The predicted molar refractivity (Wildman–Crippen MR) is 72.3 cm³/mol. The first kappa shape index (κ1) is 15.4. The minimum atomic E-state index is -0.300. The van der Waals surface area contributed by atoms with Crippen LogP contribution in [0.3, 0.4) is 0 Å². The maximum atomic E-state index is 11.5. The zero-order valence-corrected chi connectivity index (χ0v) is 12.2. The smallest absolute Gasteiger partial charge is 0.235 e. The number of nitrogens with one attached hydrogen (secondary N) is 1. The van der Waals surface area contributed by atoms with Gasteiger partial charge in [0.15, 0.2) is 0 Å². The van der Waals surface area contributed by atoms with E-state index in [9.17, 15) is 4.79 Å². The van der Waals surface area contributed by atoms with E-state index in [1.165, 1.54) is 0 Å². The molecule has 1 amide bonds. The molecule has 0 aromatic heterocycles. The molecule has 1 aliphatic heterocycles. The van der Waals surface area contributed by atoms with E-state index in [2.05, 4.69) is 31.0 Å². The summed E-state index contributed by atoms with van der Waals surface area (Å²) in [6.07, 6.45) is 0.182. The molecule has 1 aliphatic rings. The van der Waals surface area contributed by atoms with Gasteiger partial charge in [0.05, 0.1) is 17.7 Å². The van der Waals surface area contributed by atoms with E-state index in [-0.39, 0.29) is 29.7 Å². The first-order chi connectivity index (χ1) is 8.19. The molecule has 0 aromatic rings. The van der Waals surface area contributed by atoms with Crippen molar-refractivity contribution < 1.29 is 9.53 Å². The van der Waals surface area contributed by atoms with Crippen molar-refractivity contribution in [3.05, 3.63) is 0 Å². The topological polar surface area (TPSA) is 67.6 Å². The van der Waals surface area contributed by atoms with Crippen LogP contribution in [-0.4, -0.2) is 54.2 Å². The van der Waals surface area contributed by atoms with E-state index in [1.54, 1.807) is 0 Å². The van der Waals surface area contributed by atoms with Crippen molar-refractivity contribution in [3.8, 4) is 0 Å². The summed E-state index contributed by atoms with van der Waals surface area (Å²) in [7, 11) is 0. The number of hydrogen-bond donors (Lipinski definition) is 2. The molecular formula is C13H27N3O2. The highest BCUT2D eigenvalue weighted by atomic mass is 16.5. The molecule has 0 bridgehead atoms. The van der Waals surface area contributed by atoms with Crippen LogP contribution in [0, 0.1) is 0 Å². The van der Waals surface area contributed by atoms with E-state index in [4.69, 9.17) is 10.5 Å². The molecule has 2 atom stereocenters. The largest absolute Gasteiger partial charge is 0.370 e. The Morgan fingerprint density at radius 3 is 2.61 bits per heavy atom. The number of morpholine rings is 1. The zero-order chi connectivity index (χ0) is 13.9. The molecule has 5 nitrogen and oxygen atoms in total. The van der Waals surface area contributed by atoms with Crippen LogP contribution in [0.1, 0.15) is 34.6 Å². The summed E-state index contributed by atoms with van der Waals surface area (Å²) in [5.74, 6) is -0.291. The molecule has 1 heterocycles. The lowest BCUT2D eigenvalue weighted by molar-refractivity contribution is -0.135. The zero-order valence-electron chi connectivity index (χ0n) is 12.2. The Labute approximate surface area is 110 Å². The Bertz CT molecular complexity index is 292. The van der Waals surface area contributed by atoms with Gasteiger partial charge in [-0.2, -0.15) is 0 Å². The van der Waals surface area contributed by atoms with Crippen molar-refractivity contribution in [2.24, 2.45) is 5.73 Å². The maximum Gasteiger partial charge on any atom is 0.235 e. The average molecular weight is 257 g/mol. The Hall–Kier alpha value is -0.650. The SMILES string of the molecule is CC(C)NC(CN1CC(C)OC(C)(C)C1)C(N)=O. The number of carbonyl (C=O) groups excluding carboxylic acids is 1. The molecule has 2 unspecified atom stereocenters. The average Bonchev–Trinajstić information content (AvgIpc) is 2.11. The van der Waals surface area contributed by atoms with Gasteiger partial charge in [0.1, 0.15) is 0 Å². The number of amides is 1. The molecule has 3 N–H and O–H groups in total. The van der Waals surface area contributed by atoms with Crippen LogP contribution >= 0.6 is 0 Å². The molecule has 18 heavy (non-hydrogen) atoms.